The molecule has 0 aromatic heterocycles. The lowest BCUT2D eigenvalue weighted by Gasteiger charge is -2.35. The van der Waals surface area contributed by atoms with Crippen molar-refractivity contribution in [2.75, 3.05) is 26.2 Å². The Kier molecular flexibility index (Phi) is 3.83. The molecule has 16 heavy (non-hydrogen) atoms. The molecule has 0 bridgehead atoms. The first kappa shape index (κ1) is 11.9. The zero-order valence-electron chi connectivity index (χ0n) is 10.2. The molecule has 0 amide bonds. The minimum atomic E-state index is -0.0691. The largest absolute Gasteiger partial charge is 0.378 e. The van der Waals surface area contributed by atoms with Crippen LogP contribution in [0.25, 0.3) is 0 Å². The molecule has 2 aliphatic heterocycles. The lowest BCUT2D eigenvalue weighted by Crippen LogP contribution is -2.39. The van der Waals surface area contributed by atoms with E-state index >= 15 is 0 Å². The third-order valence-corrected chi connectivity index (χ3v) is 4.02. The van der Waals surface area contributed by atoms with E-state index in [1.165, 1.54) is 19.3 Å². The number of ether oxygens (including phenoxy) is 1. The molecule has 3 heteroatoms. The molecule has 2 aliphatic rings. The van der Waals surface area contributed by atoms with Crippen LogP contribution in [0.2, 0.25) is 0 Å². The van der Waals surface area contributed by atoms with Gasteiger partial charge in [0.2, 0.25) is 0 Å². The highest BCUT2D eigenvalue weighted by Crippen LogP contribution is 2.30. The van der Waals surface area contributed by atoms with E-state index in [0.717, 1.165) is 39.1 Å². The number of hydrogen-bond acceptors (Lipinski definition) is 3. The average Bonchev–Trinajstić information content (AvgIpc) is 2.81. The lowest BCUT2D eigenvalue weighted by molar-refractivity contribution is 0.0813. The Morgan fingerprint density at radius 2 is 2.19 bits per heavy atom. The summed E-state index contributed by atoms with van der Waals surface area (Å²) in [7, 11) is 0. The highest BCUT2D eigenvalue weighted by Gasteiger charge is 2.30. The van der Waals surface area contributed by atoms with Crippen LogP contribution >= 0.6 is 0 Å². The average molecular weight is 222 g/mol. The predicted molar refractivity (Wildman–Crippen MR) is 63.0 cm³/mol. The van der Waals surface area contributed by atoms with Crippen molar-refractivity contribution >= 4 is 0 Å². The van der Waals surface area contributed by atoms with Gasteiger partial charge in [0.1, 0.15) is 0 Å². The zero-order valence-corrected chi connectivity index (χ0v) is 10.2. The molecule has 1 unspecified atom stereocenters. The highest BCUT2D eigenvalue weighted by atomic mass is 16.5. The molecule has 3 nitrogen and oxygen atoms in total. The minimum absolute atomic E-state index is 0.0691. The monoisotopic (exact) mass is 222 g/mol. The summed E-state index contributed by atoms with van der Waals surface area (Å²) < 4.78 is 5.63. The summed E-state index contributed by atoms with van der Waals surface area (Å²) in [4.78, 5) is 2.49. The standard InChI is InChI=1S/C13H22N2O/c1-13(11-14)5-8-15(9-6-13)7-4-12-3-2-10-16-12/h12H,2-10H2,1H3. The predicted octanol–water partition coefficient (Wildman–Crippen LogP) is 2.18. The van der Waals surface area contributed by atoms with Gasteiger partial charge in [-0.25, -0.2) is 0 Å². The quantitative estimate of drug-likeness (QED) is 0.734. The van der Waals surface area contributed by atoms with E-state index < -0.39 is 0 Å². The maximum absolute atomic E-state index is 9.05. The van der Waals surface area contributed by atoms with Gasteiger partial charge in [-0.2, -0.15) is 5.26 Å². The molecule has 0 saturated carbocycles. The molecule has 90 valence electrons. The van der Waals surface area contributed by atoms with Gasteiger partial charge in [0.05, 0.1) is 17.6 Å². The van der Waals surface area contributed by atoms with E-state index in [1.54, 1.807) is 0 Å². The van der Waals surface area contributed by atoms with Crippen molar-refractivity contribution in [3.05, 3.63) is 0 Å². The number of hydrogen-bond donors (Lipinski definition) is 0. The van der Waals surface area contributed by atoms with E-state index in [-0.39, 0.29) is 5.41 Å². The van der Waals surface area contributed by atoms with Crippen molar-refractivity contribution in [3.8, 4) is 6.07 Å². The summed E-state index contributed by atoms with van der Waals surface area (Å²) in [5, 5.41) is 9.05. The molecule has 2 rings (SSSR count). The number of rotatable bonds is 3. The molecule has 0 aliphatic carbocycles. The van der Waals surface area contributed by atoms with Gasteiger partial charge in [-0.3, -0.25) is 0 Å². The van der Waals surface area contributed by atoms with Gasteiger partial charge in [0.15, 0.2) is 0 Å². The maximum Gasteiger partial charge on any atom is 0.0687 e. The van der Waals surface area contributed by atoms with Crippen molar-refractivity contribution in [1.29, 1.82) is 5.26 Å². The van der Waals surface area contributed by atoms with E-state index in [4.69, 9.17) is 10.00 Å². The van der Waals surface area contributed by atoms with Crippen LogP contribution in [0.3, 0.4) is 0 Å². The third kappa shape index (κ3) is 2.96. The van der Waals surface area contributed by atoms with Gasteiger partial charge in [0, 0.05) is 13.2 Å². The van der Waals surface area contributed by atoms with E-state index in [1.807, 2.05) is 0 Å². The van der Waals surface area contributed by atoms with Crippen molar-refractivity contribution in [3.63, 3.8) is 0 Å². The molecule has 2 fully saturated rings. The second-order valence-electron chi connectivity index (χ2n) is 5.44. The number of nitrogens with zero attached hydrogens (tertiary/aromatic N) is 2. The summed E-state index contributed by atoms with van der Waals surface area (Å²) in [5.74, 6) is 0. The van der Waals surface area contributed by atoms with Gasteiger partial charge in [0.25, 0.3) is 0 Å². The normalized spacial score (nSPS) is 30.1. The minimum Gasteiger partial charge on any atom is -0.378 e. The van der Waals surface area contributed by atoms with Crippen LogP contribution in [0, 0.1) is 16.7 Å². The lowest BCUT2D eigenvalue weighted by atomic mass is 9.82. The molecule has 0 aromatic rings. The van der Waals surface area contributed by atoms with Crippen LogP contribution < -0.4 is 0 Å². The molecular weight excluding hydrogens is 200 g/mol. The van der Waals surface area contributed by atoms with Crippen LogP contribution in [0.1, 0.15) is 39.0 Å². The molecule has 0 aromatic carbocycles. The van der Waals surface area contributed by atoms with Crippen molar-refractivity contribution < 1.29 is 4.74 Å². The van der Waals surface area contributed by atoms with Crippen molar-refractivity contribution in [1.82, 2.24) is 4.90 Å². The molecule has 1 atom stereocenters. The smallest absolute Gasteiger partial charge is 0.0687 e. The first-order chi connectivity index (χ1) is 7.72. The summed E-state index contributed by atoms with van der Waals surface area (Å²) in [5.41, 5.74) is -0.0691. The Bertz CT molecular complexity index is 258. The van der Waals surface area contributed by atoms with E-state index in [0.29, 0.717) is 6.10 Å². The molecular formula is C13H22N2O. The number of likely N-dealkylation sites (tertiary alicyclic amines) is 1. The topological polar surface area (TPSA) is 36.3 Å². The Labute approximate surface area is 98.4 Å². The van der Waals surface area contributed by atoms with Crippen LogP contribution in [0.15, 0.2) is 0 Å². The fourth-order valence-corrected chi connectivity index (χ4v) is 2.58. The number of nitriles is 1. The first-order valence-electron chi connectivity index (χ1n) is 6.47. The zero-order chi connectivity index (χ0) is 11.4. The SMILES string of the molecule is CC1(C#N)CCN(CCC2CCCO2)CC1. The summed E-state index contributed by atoms with van der Waals surface area (Å²) in [6.07, 6.45) is 6.19. The van der Waals surface area contributed by atoms with E-state index in [2.05, 4.69) is 17.9 Å². The Hall–Kier alpha value is -0.590. The molecule has 0 N–H and O–H groups in total. The maximum atomic E-state index is 9.05. The van der Waals surface area contributed by atoms with Crippen LogP contribution in [-0.4, -0.2) is 37.2 Å². The Balaban J connectivity index is 1.67. The first-order valence-corrected chi connectivity index (χ1v) is 6.47. The van der Waals surface area contributed by atoms with Gasteiger partial charge < -0.3 is 9.64 Å². The van der Waals surface area contributed by atoms with Crippen molar-refractivity contribution in [2.24, 2.45) is 5.41 Å². The fourth-order valence-electron chi connectivity index (χ4n) is 2.58. The molecule has 2 heterocycles. The van der Waals surface area contributed by atoms with Crippen LogP contribution in [-0.2, 0) is 4.74 Å². The van der Waals surface area contributed by atoms with Crippen LogP contribution in [0.5, 0.6) is 0 Å². The van der Waals surface area contributed by atoms with Gasteiger partial charge in [-0.15, -0.1) is 0 Å². The summed E-state index contributed by atoms with van der Waals surface area (Å²) >= 11 is 0. The highest BCUT2D eigenvalue weighted by molar-refractivity contribution is 4.98. The molecule has 0 radical (unpaired) electrons. The second-order valence-corrected chi connectivity index (χ2v) is 5.44. The van der Waals surface area contributed by atoms with Gasteiger partial charge in [-0.05, 0) is 52.1 Å². The summed E-state index contributed by atoms with van der Waals surface area (Å²) in [6.45, 7) is 6.35. The molecule has 0 spiro atoms. The third-order valence-electron chi connectivity index (χ3n) is 4.02. The van der Waals surface area contributed by atoms with Gasteiger partial charge >= 0.3 is 0 Å². The van der Waals surface area contributed by atoms with Crippen LogP contribution in [0.4, 0.5) is 0 Å². The number of piperidine rings is 1. The van der Waals surface area contributed by atoms with E-state index in [9.17, 15) is 0 Å². The Morgan fingerprint density at radius 3 is 2.75 bits per heavy atom. The second kappa shape index (κ2) is 5.16. The van der Waals surface area contributed by atoms with Gasteiger partial charge in [-0.1, -0.05) is 0 Å². The summed E-state index contributed by atoms with van der Waals surface area (Å²) in [6, 6.07) is 2.45. The Morgan fingerprint density at radius 1 is 1.44 bits per heavy atom. The molecule has 2 saturated heterocycles. The van der Waals surface area contributed by atoms with Crippen molar-refractivity contribution in [2.45, 2.75) is 45.1 Å². The fraction of sp³-hybridized carbons (Fsp3) is 0.923.